The summed E-state index contributed by atoms with van der Waals surface area (Å²) in [5.74, 6) is 1.26. The molecule has 2 amide bonds. The molecule has 0 radical (unpaired) electrons. The van der Waals surface area contributed by atoms with E-state index in [9.17, 15) is 9.59 Å². The van der Waals surface area contributed by atoms with Crippen LogP contribution in [-0.2, 0) is 9.59 Å². The van der Waals surface area contributed by atoms with E-state index < -0.39 is 0 Å². The van der Waals surface area contributed by atoms with Crippen LogP contribution >= 0.6 is 0 Å². The Hall–Kier alpha value is -1.10. The molecule has 0 aromatic heterocycles. The van der Waals surface area contributed by atoms with Gasteiger partial charge in [-0.3, -0.25) is 14.5 Å². The van der Waals surface area contributed by atoms with E-state index >= 15 is 0 Å². The van der Waals surface area contributed by atoms with Crippen molar-refractivity contribution in [3.8, 4) is 0 Å². The lowest BCUT2D eigenvalue weighted by Crippen LogP contribution is -2.59. The molecule has 1 heterocycles. The van der Waals surface area contributed by atoms with Gasteiger partial charge in [0.25, 0.3) is 0 Å². The highest BCUT2D eigenvalue weighted by Gasteiger charge is 2.39. The Morgan fingerprint density at radius 1 is 0.923 bits per heavy atom. The zero-order valence-corrected chi connectivity index (χ0v) is 17.4. The van der Waals surface area contributed by atoms with Crippen LogP contribution in [0.1, 0.15) is 66.2 Å². The van der Waals surface area contributed by atoms with E-state index in [0.29, 0.717) is 17.7 Å². The van der Waals surface area contributed by atoms with Crippen LogP contribution in [0, 0.1) is 11.8 Å². The Morgan fingerprint density at radius 2 is 1.46 bits per heavy atom. The Kier molecular flexibility index (Phi) is 8.39. The van der Waals surface area contributed by atoms with E-state index in [0.717, 1.165) is 52.1 Å². The van der Waals surface area contributed by atoms with Gasteiger partial charge in [-0.25, -0.2) is 0 Å². The predicted molar refractivity (Wildman–Crippen MR) is 106 cm³/mol. The fourth-order valence-corrected chi connectivity index (χ4v) is 4.77. The molecule has 5 nitrogen and oxygen atoms in total. The lowest BCUT2D eigenvalue weighted by molar-refractivity contribution is -0.142. The number of rotatable bonds is 8. The standard InChI is InChI=1S/C21H39N3O2/c1-5-17(6-2)20(25)24-15-13-23(14-16-24)19(18-11-9-10-12-18)21(26)22(7-3)8-4/h17-19H,5-16H2,1-4H3. The van der Waals surface area contributed by atoms with E-state index in [1.807, 2.05) is 9.80 Å². The molecule has 1 saturated heterocycles. The summed E-state index contributed by atoms with van der Waals surface area (Å²) < 4.78 is 0. The number of nitrogens with zero attached hydrogens (tertiary/aromatic N) is 3. The van der Waals surface area contributed by atoms with Gasteiger partial charge in [-0.2, -0.15) is 0 Å². The van der Waals surface area contributed by atoms with Gasteiger partial charge in [0, 0.05) is 45.2 Å². The fourth-order valence-electron chi connectivity index (χ4n) is 4.77. The molecule has 1 aliphatic heterocycles. The van der Waals surface area contributed by atoms with Crippen LogP contribution in [0.15, 0.2) is 0 Å². The lowest BCUT2D eigenvalue weighted by atomic mass is 9.94. The largest absolute Gasteiger partial charge is 0.342 e. The van der Waals surface area contributed by atoms with Crippen molar-refractivity contribution in [3.63, 3.8) is 0 Å². The van der Waals surface area contributed by atoms with Crippen molar-refractivity contribution >= 4 is 11.8 Å². The molecule has 0 N–H and O–H groups in total. The second kappa shape index (κ2) is 10.3. The number of piperazine rings is 1. The molecule has 2 fully saturated rings. The first kappa shape index (κ1) is 21.2. The van der Waals surface area contributed by atoms with Crippen LogP contribution in [0.2, 0.25) is 0 Å². The molecule has 150 valence electrons. The molecule has 0 spiro atoms. The van der Waals surface area contributed by atoms with E-state index in [1.165, 1.54) is 25.7 Å². The average molecular weight is 366 g/mol. The second-order valence-electron chi connectivity index (χ2n) is 7.87. The Morgan fingerprint density at radius 3 is 1.92 bits per heavy atom. The van der Waals surface area contributed by atoms with E-state index in [1.54, 1.807) is 0 Å². The molecular weight excluding hydrogens is 326 g/mol. The quantitative estimate of drug-likeness (QED) is 0.664. The third kappa shape index (κ3) is 4.79. The molecular formula is C21H39N3O2. The molecule has 1 unspecified atom stereocenters. The van der Waals surface area contributed by atoms with Crippen molar-refractivity contribution in [2.45, 2.75) is 72.3 Å². The topological polar surface area (TPSA) is 43.9 Å². The van der Waals surface area contributed by atoms with Crippen LogP contribution in [-0.4, -0.2) is 71.8 Å². The van der Waals surface area contributed by atoms with Gasteiger partial charge in [-0.15, -0.1) is 0 Å². The normalized spacial score (nSPS) is 20.6. The van der Waals surface area contributed by atoms with Crippen LogP contribution in [0.4, 0.5) is 0 Å². The smallest absolute Gasteiger partial charge is 0.240 e. The van der Waals surface area contributed by atoms with Gasteiger partial charge in [0.2, 0.25) is 11.8 Å². The van der Waals surface area contributed by atoms with Crippen molar-refractivity contribution in [1.29, 1.82) is 0 Å². The van der Waals surface area contributed by atoms with Crippen molar-refractivity contribution in [3.05, 3.63) is 0 Å². The first-order valence-corrected chi connectivity index (χ1v) is 10.9. The monoisotopic (exact) mass is 365 g/mol. The lowest BCUT2D eigenvalue weighted by Gasteiger charge is -2.42. The van der Waals surface area contributed by atoms with Crippen LogP contribution in [0.25, 0.3) is 0 Å². The van der Waals surface area contributed by atoms with E-state index in [-0.39, 0.29) is 12.0 Å². The number of hydrogen-bond acceptors (Lipinski definition) is 3. The van der Waals surface area contributed by atoms with Crippen molar-refractivity contribution in [2.24, 2.45) is 11.8 Å². The molecule has 2 rings (SSSR count). The zero-order valence-electron chi connectivity index (χ0n) is 17.4. The maximum Gasteiger partial charge on any atom is 0.240 e. The maximum absolute atomic E-state index is 13.2. The Bertz CT molecular complexity index is 446. The molecule has 2 aliphatic rings. The van der Waals surface area contributed by atoms with Crippen LogP contribution in [0.3, 0.4) is 0 Å². The van der Waals surface area contributed by atoms with Gasteiger partial charge in [-0.1, -0.05) is 26.7 Å². The molecule has 1 atom stereocenters. The highest BCUT2D eigenvalue weighted by molar-refractivity contribution is 5.82. The first-order chi connectivity index (χ1) is 12.6. The van der Waals surface area contributed by atoms with E-state index in [2.05, 4.69) is 32.6 Å². The van der Waals surface area contributed by atoms with Crippen molar-refractivity contribution in [2.75, 3.05) is 39.3 Å². The summed E-state index contributed by atoms with van der Waals surface area (Å²) in [7, 11) is 0. The van der Waals surface area contributed by atoms with Gasteiger partial charge in [0.1, 0.15) is 0 Å². The highest BCUT2D eigenvalue weighted by atomic mass is 16.2. The minimum Gasteiger partial charge on any atom is -0.342 e. The summed E-state index contributed by atoms with van der Waals surface area (Å²) in [6.45, 7) is 13.1. The van der Waals surface area contributed by atoms with Gasteiger partial charge in [-0.05, 0) is 45.4 Å². The third-order valence-electron chi connectivity index (χ3n) is 6.53. The number of likely N-dealkylation sites (N-methyl/N-ethyl adjacent to an activating group) is 1. The summed E-state index contributed by atoms with van der Waals surface area (Å²) in [6, 6.07) is 0.0165. The molecule has 1 saturated carbocycles. The van der Waals surface area contributed by atoms with Gasteiger partial charge < -0.3 is 9.80 Å². The summed E-state index contributed by atoms with van der Waals surface area (Å²) in [5, 5.41) is 0. The first-order valence-electron chi connectivity index (χ1n) is 10.9. The average Bonchev–Trinajstić information content (AvgIpc) is 3.18. The van der Waals surface area contributed by atoms with Crippen molar-refractivity contribution < 1.29 is 9.59 Å². The minimum absolute atomic E-state index is 0.0165. The highest BCUT2D eigenvalue weighted by Crippen LogP contribution is 2.32. The third-order valence-corrected chi connectivity index (χ3v) is 6.53. The molecule has 0 bridgehead atoms. The Labute approximate surface area is 160 Å². The summed E-state index contributed by atoms with van der Waals surface area (Å²) in [5.41, 5.74) is 0. The minimum atomic E-state index is 0.0165. The Balaban J connectivity index is 2.04. The predicted octanol–water partition coefficient (Wildman–Crippen LogP) is 2.99. The maximum atomic E-state index is 13.2. The molecule has 0 aromatic carbocycles. The number of hydrogen-bond donors (Lipinski definition) is 0. The zero-order chi connectivity index (χ0) is 19.1. The van der Waals surface area contributed by atoms with Crippen molar-refractivity contribution in [1.82, 2.24) is 14.7 Å². The second-order valence-corrected chi connectivity index (χ2v) is 7.87. The molecule has 26 heavy (non-hydrogen) atoms. The van der Waals surface area contributed by atoms with Gasteiger partial charge >= 0.3 is 0 Å². The van der Waals surface area contributed by atoms with Crippen LogP contribution in [0.5, 0.6) is 0 Å². The number of amides is 2. The van der Waals surface area contributed by atoms with E-state index in [4.69, 9.17) is 0 Å². The SMILES string of the molecule is CCC(CC)C(=O)N1CCN(C(C(=O)N(CC)CC)C2CCCC2)CC1. The molecule has 1 aliphatic carbocycles. The van der Waals surface area contributed by atoms with Gasteiger partial charge in [0.05, 0.1) is 6.04 Å². The van der Waals surface area contributed by atoms with Gasteiger partial charge in [0.15, 0.2) is 0 Å². The molecule has 5 heteroatoms. The fraction of sp³-hybridized carbons (Fsp3) is 0.905. The summed E-state index contributed by atoms with van der Waals surface area (Å²) in [4.78, 5) is 32.3. The van der Waals surface area contributed by atoms with Crippen LogP contribution < -0.4 is 0 Å². The summed E-state index contributed by atoms with van der Waals surface area (Å²) >= 11 is 0. The molecule has 0 aromatic rings. The number of carbonyl (C=O) groups excluding carboxylic acids is 2. The number of carbonyl (C=O) groups is 2. The summed E-state index contributed by atoms with van der Waals surface area (Å²) in [6.07, 6.45) is 6.68.